The normalized spacial score (nSPS) is 10.6. The van der Waals surface area contributed by atoms with E-state index < -0.39 is 0 Å². The van der Waals surface area contributed by atoms with Gasteiger partial charge in [-0.2, -0.15) is 5.26 Å². The van der Waals surface area contributed by atoms with Gasteiger partial charge in [-0.1, -0.05) is 48.5 Å². The fourth-order valence-corrected chi connectivity index (χ4v) is 5.34. The van der Waals surface area contributed by atoms with Gasteiger partial charge in [0.1, 0.15) is 5.52 Å². The number of nitriles is 1. The number of rotatable bonds is 7. The summed E-state index contributed by atoms with van der Waals surface area (Å²) in [5.41, 5.74) is 9.29. The minimum absolute atomic E-state index is 0.533. The Bertz CT molecular complexity index is 2160. The maximum atomic E-state index is 9.27. The van der Waals surface area contributed by atoms with Crippen molar-refractivity contribution in [3.8, 4) is 17.5 Å². The average molecular weight is 580 g/mol. The van der Waals surface area contributed by atoms with Crippen LogP contribution >= 0.6 is 0 Å². The number of anilines is 6. The highest BCUT2D eigenvalue weighted by Gasteiger charge is 2.17. The summed E-state index contributed by atoms with van der Waals surface area (Å²) in [5.74, 6) is 0.533. The molecule has 0 atom stereocenters. The molecule has 0 unspecified atom stereocenters. The molecule has 6 heteroatoms. The first-order valence-electron chi connectivity index (χ1n) is 14.4. The predicted octanol–water partition coefficient (Wildman–Crippen LogP) is 10.9. The van der Waals surface area contributed by atoms with Crippen LogP contribution in [0.1, 0.15) is 5.56 Å². The minimum Gasteiger partial charge on any atom is -0.436 e. The molecule has 7 rings (SSSR count). The first kappa shape index (κ1) is 27.2. The van der Waals surface area contributed by atoms with Crippen molar-refractivity contribution in [3.63, 3.8) is 0 Å². The SMILES string of the molecule is [C-]#[N+]c1ccc(N(c2ccccc2)c2ccc3nc(-c4ccc(N(c5ccccc5)c5ccc(C#N)cc5)cc4)oc3c2)cc1. The van der Waals surface area contributed by atoms with E-state index in [4.69, 9.17) is 16.0 Å². The zero-order valence-corrected chi connectivity index (χ0v) is 24.1. The number of fused-ring (bicyclic) bond motifs is 1. The van der Waals surface area contributed by atoms with E-state index in [0.717, 1.165) is 45.2 Å². The third kappa shape index (κ3) is 5.48. The Morgan fingerprint density at radius 1 is 0.578 bits per heavy atom. The molecule has 1 heterocycles. The van der Waals surface area contributed by atoms with Crippen molar-refractivity contribution in [1.29, 1.82) is 5.26 Å². The van der Waals surface area contributed by atoms with E-state index in [-0.39, 0.29) is 0 Å². The molecule has 0 saturated carbocycles. The van der Waals surface area contributed by atoms with Crippen LogP contribution in [0.2, 0.25) is 0 Å². The van der Waals surface area contributed by atoms with E-state index in [1.807, 2.05) is 127 Å². The molecule has 0 amide bonds. The molecule has 0 aliphatic carbocycles. The maximum absolute atomic E-state index is 9.27. The van der Waals surface area contributed by atoms with Gasteiger partial charge in [-0.15, -0.1) is 0 Å². The van der Waals surface area contributed by atoms with E-state index in [0.29, 0.717) is 22.7 Å². The standard InChI is InChI=1S/C39H25N5O/c1-41-30-16-22-35(23-17-30)44(32-10-6-3-7-11-32)36-24-25-37-38(26-36)45-39(42-37)29-14-20-34(21-15-29)43(31-8-4-2-5-9-31)33-18-12-28(27-40)13-19-33/h2-26H. The van der Waals surface area contributed by atoms with Gasteiger partial charge in [-0.25, -0.2) is 9.83 Å². The second-order valence-corrected chi connectivity index (χ2v) is 10.3. The van der Waals surface area contributed by atoms with E-state index in [1.165, 1.54) is 0 Å². The van der Waals surface area contributed by atoms with Crippen LogP contribution in [0.15, 0.2) is 156 Å². The molecule has 0 fully saturated rings. The Balaban J connectivity index is 1.23. The maximum Gasteiger partial charge on any atom is 0.227 e. The molecule has 6 nitrogen and oxygen atoms in total. The van der Waals surface area contributed by atoms with Crippen LogP contribution < -0.4 is 9.80 Å². The molecular formula is C39H25N5O. The lowest BCUT2D eigenvalue weighted by molar-refractivity contribution is 0.620. The number of oxazole rings is 1. The fraction of sp³-hybridized carbons (Fsp3) is 0. The van der Waals surface area contributed by atoms with Gasteiger partial charge < -0.3 is 14.2 Å². The highest BCUT2D eigenvalue weighted by molar-refractivity contribution is 5.86. The summed E-state index contributed by atoms with van der Waals surface area (Å²) in [7, 11) is 0. The van der Waals surface area contributed by atoms with E-state index in [1.54, 1.807) is 0 Å². The fourth-order valence-electron chi connectivity index (χ4n) is 5.34. The van der Waals surface area contributed by atoms with Gasteiger partial charge >= 0.3 is 0 Å². The zero-order valence-electron chi connectivity index (χ0n) is 24.1. The van der Waals surface area contributed by atoms with E-state index >= 15 is 0 Å². The van der Waals surface area contributed by atoms with Crippen LogP contribution in [-0.4, -0.2) is 4.98 Å². The summed E-state index contributed by atoms with van der Waals surface area (Å²) >= 11 is 0. The van der Waals surface area contributed by atoms with Gasteiger partial charge in [-0.3, -0.25) is 0 Å². The van der Waals surface area contributed by atoms with Gasteiger partial charge in [0.15, 0.2) is 11.3 Å². The first-order chi connectivity index (χ1) is 22.2. The second kappa shape index (κ2) is 11.9. The summed E-state index contributed by atoms with van der Waals surface area (Å²) in [6.45, 7) is 7.32. The van der Waals surface area contributed by atoms with E-state index in [2.05, 4.69) is 45.0 Å². The summed E-state index contributed by atoms with van der Waals surface area (Å²) in [6, 6.07) is 51.7. The smallest absolute Gasteiger partial charge is 0.227 e. The quantitative estimate of drug-likeness (QED) is 0.176. The van der Waals surface area contributed by atoms with Crippen molar-refractivity contribution in [1.82, 2.24) is 4.98 Å². The number of hydrogen-bond acceptors (Lipinski definition) is 5. The first-order valence-corrected chi connectivity index (χ1v) is 14.4. The lowest BCUT2D eigenvalue weighted by Crippen LogP contribution is -2.09. The minimum atomic E-state index is 0.533. The number of nitrogens with zero attached hydrogens (tertiary/aromatic N) is 5. The molecule has 45 heavy (non-hydrogen) atoms. The lowest BCUT2D eigenvalue weighted by Gasteiger charge is -2.25. The molecule has 0 radical (unpaired) electrons. The molecule has 212 valence electrons. The van der Waals surface area contributed by atoms with Gasteiger partial charge in [0.2, 0.25) is 5.89 Å². The Hall–Kier alpha value is -6.63. The number of aromatic nitrogens is 1. The topological polar surface area (TPSA) is 60.7 Å². The third-order valence-corrected chi connectivity index (χ3v) is 7.52. The largest absolute Gasteiger partial charge is 0.436 e. The Labute approximate surface area is 261 Å². The van der Waals surface area contributed by atoms with Crippen molar-refractivity contribution in [2.24, 2.45) is 0 Å². The summed E-state index contributed by atoms with van der Waals surface area (Å²) in [4.78, 5) is 12.6. The van der Waals surface area contributed by atoms with Crippen molar-refractivity contribution in [3.05, 3.63) is 169 Å². The van der Waals surface area contributed by atoms with Crippen molar-refractivity contribution < 1.29 is 4.42 Å². The van der Waals surface area contributed by atoms with Gasteiger partial charge in [0.25, 0.3) is 0 Å². The third-order valence-electron chi connectivity index (χ3n) is 7.52. The van der Waals surface area contributed by atoms with Crippen molar-refractivity contribution in [2.45, 2.75) is 0 Å². The Morgan fingerprint density at radius 2 is 1.07 bits per heavy atom. The van der Waals surface area contributed by atoms with Gasteiger partial charge in [-0.05, 0) is 97.1 Å². The van der Waals surface area contributed by atoms with Crippen LogP contribution in [0, 0.1) is 17.9 Å². The van der Waals surface area contributed by atoms with Crippen LogP contribution in [0.4, 0.5) is 39.8 Å². The van der Waals surface area contributed by atoms with Crippen LogP contribution in [0.3, 0.4) is 0 Å². The Morgan fingerprint density at radius 3 is 1.62 bits per heavy atom. The number of benzene rings is 6. The van der Waals surface area contributed by atoms with Crippen molar-refractivity contribution in [2.75, 3.05) is 9.80 Å². The van der Waals surface area contributed by atoms with Crippen LogP contribution in [-0.2, 0) is 0 Å². The molecule has 6 aromatic carbocycles. The number of hydrogen-bond donors (Lipinski definition) is 0. The highest BCUT2D eigenvalue weighted by atomic mass is 16.3. The zero-order chi connectivity index (χ0) is 30.6. The van der Waals surface area contributed by atoms with Crippen LogP contribution in [0.25, 0.3) is 27.4 Å². The molecule has 0 bridgehead atoms. The summed E-state index contributed by atoms with van der Waals surface area (Å²) in [5, 5.41) is 9.27. The monoisotopic (exact) mass is 579 g/mol. The van der Waals surface area contributed by atoms with Gasteiger partial charge in [0.05, 0.1) is 18.2 Å². The van der Waals surface area contributed by atoms with Crippen LogP contribution in [0.5, 0.6) is 0 Å². The molecule has 0 aliphatic rings. The molecule has 1 aromatic heterocycles. The van der Waals surface area contributed by atoms with Gasteiger partial charge in [0, 0.05) is 45.8 Å². The molecular weight excluding hydrogens is 554 g/mol. The Kier molecular flexibility index (Phi) is 7.22. The molecule has 0 spiro atoms. The molecule has 0 aliphatic heterocycles. The summed E-state index contributed by atoms with van der Waals surface area (Å²) < 4.78 is 6.33. The lowest BCUT2D eigenvalue weighted by atomic mass is 10.1. The van der Waals surface area contributed by atoms with Crippen molar-refractivity contribution >= 4 is 50.9 Å². The second-order valence-electron chi connectivity index (χ2n) is 10.3. The molecule has 7 aromatic rings. The molecule has 0 saturated heterocycles. The molecule has 0 N–H and O–H groups in total. The predicted molar refractivity (Wildman–Crippen MR) is 180 cm³/mol. The van der Waals surface area contributed by atoms with E-state index in [9.17, 15) is 5.26 Å². The summed E-state index contributed by atoms with van der Waals surface area (Å²) in [6.07, 6.45) is 0. The highest BCUT2D eigenvalue weighted by Crippen LogP contribution is 2.39. The number of para-hydroxylation sites is 2. The average Bonchev–Trinajstić information content (AvgIpc) is 3.54.